The van der Waals surface area contributed by atoms with E-state index in [0.717, 1.165) is 37.4 Å². The summed E-state index contributed by atoms with van der Waals surface area (Å²) >= 11 is 1.67. The summed E-state index contributed by atoms with van der Waals surface area (Å²) in [5, 5.41) is 6.58. The molecule has 1 aromatic heterocycles. The Morgan fingerprint density at radius 1 is 1.44 bits per heavy atom. The molecule has 0 aromatic carbocycles. The second-order valence-electron chi connectivity index (χ2n) is 5.14. The normalized spacial score (nSPS) is 24.6. The summed E-state index contributed by atoms with van der Waals surface area (Å²) < 4.78 is 0. The van der Waals surface area contributed by atoms with Gasteiger partial charge >= 0.3 is 0 Å². The van der Waals surface area contributed by atoms with Crippen molar-refractivity contribution in [3.63, 3.8) is 0 Å². The van der Waals surface area contributed by atoms with E-state index in [2.05, 4.69) is 10.3 Å². The maximum Gasteiger partial charge on any atom is 0.239 e. The third-order valence-electron chi connectivity index (χ3n) is 3.62. The molecule has 5 heteroatoms. The van der Waals surface area contributed by atoms with Crippen LogP contribution in [0.2, 0.25) is 0 Å². The van der Waals surface area contributed by atoms with Crippen molar-refractivity contribution in [3.05, 3.63) is 16.6 Å². The number of rotatable bonds is 5. The number of hydrogen-bond acceptors (Lipinski definition) is 4. The van der Waals surface area contributed by atoms with Gasteiger partial charge in [0.2, 0.25) is 5.91 Å². The smallest absolute Gasteiger partial charge is 0.239 e. The van der Waals surface area contributed by atoms with Gasteiger partial charge in [0.1, 0.15) is 0 Å². The molecule has 1 unspecified atom stereocenters. The lowest BCUT2D eigenvalue weighted by Gasteiger charge is -2.32. The number of thiazole rings is 1. The predicted molar refractivity (Wildman–Crippen MR) is 71.6 cm³/mol. The van der Waals surface area contributed by atoms with Gasteiger partial charge in [-0.2, -0.15) is 0 Å². The van der Waals surface area contributed by atoms with Crippen molar-refractivity contribution in [2.24, 2.45) is 0 Å². The van der Waals surface area contributed by atoms with E-state index in [4.69, 9.17) is 0 Å². The minimum Gasteiger partial charge on any atom is -0.341 e. The van der Waals surface area contributed by atoms with Gasteiger partial charge < -0.3 is 10.2 Å². The number of nitrogens with zero attached hydrogens (tertiary/aromatic N) is 2. The van der Waals surface area contributed by atoms with Crippen LogP contribution in [0, 0.1) is 0 Å². The number of aromatic nitrogens is 1. The molecule has 1 saturated carbocycles. The Bertz CT molecular complexity index is 402. The third-order valence-corrected chi connectivity index (χ3v) is 4.46. The van der Waals surface area contributed by atoms with E-state index >= 15 is 0 Å². The highest BCUT2D eigenvalue weighted by Gasteiger charge is 2.33. The van der Waals surface area contributed by atoms with Crippen LogP contribution in [0.15, 0.2) is 11.6 Å². The molecule has 2 heterocycles. The van der Waals surface area contributed by atoms with E-state index in [-0.39, 0.29) is 6.04 Å². The van der Waals surface area contributed by atoms with E-state index in [9.17, 15) is 4.79 Å². The molecule has 2 aliphatic rings. The lowest BCUT2D eigenvalue weighted by Crippen LogP contribution is -2.51. The average molecular weight is 265 g/mol. The highest BCUT2D eigenvalue weighted by atomic mass is 32.1. The molecule has 1 atom stereocenters. The van der Waals surface area contributed by atoms with Crippen molar-refractivity contribution in [2.75, 3.05) is 13.1 Å². The van der Waals surface area contributed by atoms with E-state index in [1.807, 2.05) is 16.5 Å². The van der Waals surface area contributed by atoms with Crippen molar-refractivity contribution < 1.29 is 4.79 Å². The van der Waals surface area contributed by atoms with Gasteiger partial charge in [-0.25, -0.2) is 4.98 Å². The second kappa shape index (κ2) is 5.36. The third kappa shape index (κ3) is 2.90. The molecule has 4 nitrogen and oxygen atoms in total. The summed E-state index contributed by atoms with van der Waals surface area (Å²) in [6.07, 6.45) is 7.32. The molecule has 1 saturated heterocycles. The van der Waals surface area contributed by atoms with E-state index in [1.165, 1.54) is 12.8 Å². The highest BCUT2D eigenvalue weighted by Crippen LogP contribution is 2.22. The number of carbonyl (C=O) groups excluding carboxylic acids is 1. The Morgan fingerprint density at radius 2 is 2.33 bits per heavy atom. The topological polar surface area (TPSA) is 45.2 Å². The molecule has 1 aliphatic heterocycles. The molecular weight excluding hydrogens is 246 g/mol. The van der Waals surface area contributed by atoms with Gasteiger partial charge in [0, 0.05) is 37.1 Å². The maximum absolute atomic E-state index is 12.3. The number of hydrogen-bond donors (Lipinski definition) is 1. The molecule has 1 aromatic rings. The summed E-state index contributed by atoms with van der Waals surface area (Å²) in [6.45, 7) is 1.72. The molecule has 0 bridgehead atoms. The first-order valence-electron chi connectivity index (χ1n) is 6.76. The van der Waals surface area contributed by atoms with Gasteiger partial charge in [0.05, 0.1) is 11.0 Å². The van der Waals surface area contributed by atoms with Crippen molar-refractivity contribution >= 4 is 17.2 Å². The Morgan fingerprint density at radius 3 is 3.06 bits per heavy atom. The fourth-order valence-electron chi connectivity index (χ4n) is 2.46. The zero-order valence-corrected chi connectivity index (χ0v) is 11.3. The molecule has 18 heavy (non-hydrogen) atoms. The number of amides is 1. The standard InChI is InChI=1S/C13H19N3OS/c17-13-11(15-10-3-4-10)2-1-7-16(13)8-5-12-14-6-9-18-12/h6,9-11,15H,1-5,7-8H2. The molecule has 1 aliphatic carbocycles. The van der Waals surface area contributed by atoms with Crippen molar-refractivity contribution in [3.8, 4) is 0 Å². The van der Waals surface area contributed by atoms with Gasteiger partial charge in [-0.1, -0.05) is 0 Å². The van der Waals surface area contributed by atoms with Gasteiger partial charge in [-0.05, 0) is 25.7 Å². The summed E-state index contributed by atoms with van der Waals surface area (Å²) in [7, 11) is 0. The summed E-state index contributed by atoms with van der Waals surface area (Å²) in [4.78, 5) is 18.6. The highest BCUT2D eigenvalue weighted by molar-refractivity contribution is 7.09. The van der Waals surface area contributed by atoms with E-state index in [1.54, 1.807) is 11.3 Å². The minimum absolute atomic E-state index is 0.0718. The fraction of sp³-hybridized carbons (Fsp3) is 0.692. The van der Waals surface area contributed by atoms with Crippen LogP contribution in [0.3, 0.4) is 0 Å². The Kier molecular flexibility index (Phi) is 3.61. The van der Waals surface area contributed by atoms with Gasteiger partial charge in [-0.3, -0.25) is 4.79 Å². The van der Waals surface area contributed by atoms with Crippen LogP contribution in [-0.2, 0) is 11.2 Å². The van der Waals surface area contributed by atoms with Gasteiger partial charge in [0.25, 0.3) is 0 Å². The van der Waals surface area contributed by atoms with Crippen LogP contribution >= 0.6 is 11.3 Å². The number of piperidine rings is 1. The van der Waals surface area contributed by atoms with Crippen LogP contribution < -0.4 is 5.32 Å². The Balaban J connectivity index is 1.52. The number of nitrogens with one attached hydrogen (secondary N) is 1. The second-order valence-corrected chi connectivity index (χ2v) is 6.12. The molecular formula is C13H19N3OS. The fourth-order valence-corrected chi connectivity index (χ4v) is 3.07. The first-order chi connectivity index (χ1) is 8.83. The monoisotopic (exact) mass is 265 g/mol. The van der Waals surface area contributed by atoms with Crippen LogP contribution in [-0.4, -0.2) is 41.0 Å². The first-order valence-corrected chi connectivity index (χ1v) is 7.64. The maximum atomic E-state index is 12.3. The zero-order chi connectivity index (χ0) is 12.4. The predicted octanol–water partition coefficient (Wildman–Crippen LogP) is 1.43. The Hall–Kier alpha value is -0.940. The molecule has 0 radical (unpaired) electrons. The van der Waals surface area contributed by atoms with Gasteiger partial charge in [0.15, 0.2) is 0 Å². The van der Waals surface area contributed by atoms with Crippen LogP contribution in [0.1, 0.15) is 30.7 Å². The summed E-state index contributed by atoms with van der Waals surface area (Å²) in [5.41, 5.74) is 0. The van der Waals surface area contributed by atoms with Crippen LogP contribution in [0.4, 0.5) is 0 Å². The molecule has 2 fully saturated rings. The molecule has 0 spiro atoms. The zero-order valence-electron chi connectivity index (χ0n) is 10.5. The molecule has 3 rings (SSSR count). The van der Waals surface area contributed by atoms with Crippen molar-refractivity contribution in [2.45, 2.75) is 44.2 Å². The largest absolute Gasteiger partial charge is 0.341 e. The van der Waals surface area contributed by atoms with Crippen LogP contribution in [0.5, 0.6) is 0 Å². The van der Waals surface area contributed by atoms with Crippen LogP contribution in [0.25, 0.3) is 0 Å². The Labute approximate surface area is 111 Å². The van der Waals surface area contributed by atoms with E-state index in [0.29, 0.717) is 11.9 Å². The average Bonchev–Trinajstić information content (AvgIpc) is 3.04. The summed E-state index contributed by atoms with van der Waals surface area (Å²) in [6, 6.07) is 0.681. The van der Waals surface area contributed by atoms with Gasteiger partial charge in [-0.15, -0.1) is 11.3 Å². The molecule has 1 N–H and O–H groups in total. The molecule has 1 amide bonds. The SMILES string of the molecule is O=C1C(NC2CC2)CCCN1CCc1nccs1. The quantitative estimate of drug-likeness (QED) is 0.876. The number of likely N-dealkylation sites (tertiary alicyclic amines) is 1. The van der Waals surface area contributed by atoms with Crippen molar-refractivity contribution in [1.82, 2.24) is 15.2 Å². The molecule has 98 valence electrons. The first kappa shape index (κ1) is 12.1. The van der Waals surface area contributed by atoms with E-state index < -0.39 is 0 Å². The number of carbonyl (C=O) groups is 1. The minimum atomic E-state index is 0.0718. The lowest BCUT2D eigenvalue weighted by molar-refractivity contribution is -0.136. The lowest BCUT2D eigenvalue weighted by atomic mass is 10.0. The van der Waals surface area contributed by atoms with Crippen molar-refractivity contribution in [1.29, 1.82) is 0 Å². The summed E-state index contributed by atoms with van der Waals surface area (Å²) in [5.74, 6) is 0.296.